The molecule has 0 spiro atoms. The highest BCUT2D eigenvalue weighted by Crippen LogP contribution is 2.17. The van der Waals surface area contributed by atoms with Crippen molar-refractivity contribution in [2.75, 3.05) is 11.6 Å². The van der Waals surface area contributed by atoms with Crippen molar-refractivity contribution in [1.29, 1.82) is 0 Å². The van der Waals surface area contributed by atoms with E-state index in [2.05, 4.69) is 10.3 Å². The van der Waals surface area contributed by atoms with Gasteiger partial charge in [0.15, 0.2) is 0 Å². The summed E-state index contributed by atoms with van der Waals surface area (Å²) in [7, 11) is 0. The van der Waals surface area contributed by atoms with Crippen molar-refractivity contribution in [3.8, 4) is 0 Å². The fourth-order valence-electron chi connectivity index (χ4n) is 1.19. The summed E-state index contributed by atoms with van der Waals surface area (Å²) in [6, 6.07) is 7.72. The second-order valence-electron chi connectivity index (χ2n) is 3.06. The van der Waals surface area contributed by atoms with Crippen LogP contribution >= 0.6 is 23.1 Å². The van der Waals surface area contributed by atoms with Gasteiger partial charge in [-0.3, -0.25) is 4.79 Å². The van der Waals surface area contributed by atoms with E-state index in [1.54, 1.807) is 22.7 Å². The molecule has 0 aliphatic carbocycles. The van der Waals surface area contributed by atoms with Gasteiger partial charge >= 0.3 is 0 Å². The van der Waals surface area contributed by atoms with E-state index in [0.717, 1.165) is 5.69 Å². The number of thioether (sulfide) groups is 1. The highest BCUT2D eigenvalue weighted by atomic mass is 32.2. The molecule has 2 aromatic rings. The molecule has 1 heterocycles. The molecule has 0 bridgehead atoms. The summed E-state index contributed by atoms with van der Waals surface area (Å²) in [6.45, 7) is 0. The molecule has 0 aliphatic heterocycles. The average Bonchev–Trinajstić information content (AvgIpc) is 2.83. The minimum atomic E-state index is -0.168. The number of nitrogens with one attached hydrogen (secondary N) is 1. The molecule has 0 radical (unpaired) electrons. The topological polar surface area (TPSA) is 42.0 Å². The van der Waals surface area contributed by atoms with E-state index in [1.807, 2.05) is 30.5 Å². The van der Waals surface area contributed by atoms with Crippen LogP contribution in [0, 0.1) is 0 Å². The maximum Gasteiger partial charge on any atom is 0.275 e. The molecular weight excluding hydrogens is 240 g/mol. The normalized spacial score (nSPS) is 10.1. The van der Waals surface area contributed by atoms with E-state index in [1.165, 1.54) is 16.2 Å². The minimum Gasteiger partial charge on any atom is -0.321 e. The molecular formula is C11H10N2OS2. The first-order valence-electron chi connectivity index (χ1n) is 4.63. The molecule has 0 aliphatic rings. The number of aromatic nitrogens is 1. The molecule has 0 saturated carbocycles. The Balaban J connectivity index is 2.06. The van der Waals surface area contributed by atoms with Gasteiger partial charge in [0.25, 0.3) is 5.91 Å². The third-order valence-electron chi connectivity index (χ3n) is 2.01. The molecule has 0 saturated heterocycles. The van der Waals surface area contributed by atoms with Crippen LogP contribution in [-0.2, 0) is 0 Å². The molecule has 1 amide bonds. The van der Waals surface area contributed by atoms with Gasteiger partial charge in [-0.25, -0.2) is 4.98 Å². The van der Waals surface area contributed by atoms with Crippen LogP contribution in [0.25, 0.3) is 0 Å². The number of carbonyl (C=O) groups excluding carboxylic acids is 1. The quantitative estimate of drug-likeness (QED) is 0.851. The van der Waals surface area contributed by atoms with E-state index in [0.29, 0.717) is 5.69 Å². The first-order chi connectivity index (χ1) is 7.79. The lowest BCUT2D eigenvalue weighted by Gasteiger charge is -2.03. The predicted octanol–water partition coefficient (Wildman–Crippen LogP) is 3.12. The fraction of sp³-hybridized carbons (Fsp3) is 0.0909. The van der Waals surface area contributed by atoms with Crippen LogP contribution < -0.4 is 5.32 Å². The van der Waals surface area contributed by atoms with E-state index in [4.69, 9.17) is 0 Å². The van der Waals surface area contributed by atoms with Crippen molar-refractivity contribution < 1.29 is 4.79 Å². The number of nitrogens with zero attached hydrogens (tertiary/aromatic N) is 1. The van der Waals surface area contributed by atoms with Gasteiger partial charge in [0.05, 0.1) is 5.51 Å². The lowest BCUT2D eigenvalue weighted by Crippen LogP contribution is -2.11. The summed E-state index contributed by atoms with van der Waals surface area (Å²) < 4.78 is 0. The summed E-state index contributed by atoms with van der Waals surface area (Å²) in [6.07, 6.45) is 2.02. The number of hydrogen-bond donors (Lipinski definition) is 1. The molecule has 1 aromatic heterocycles. The number of hydrogen-bond acceptors (Lipinski definition) is 4. The van der Waals surface area contributed by atoms with Crippen LogP contribution in [0.15, 0.2) is 40.1 Å². The zero-order valence-corrected chi connectivity index (χ0v) is 10.3. The molecule has 1 N–H and O–H groups in total. The largest absolute Gasteiger partial charge is 0.321 e. The van der Waals surface area contributed by atoms with Gasteiger partial charge in [0.1, 0.15) is 5.69 Å². The van der Waals surface area contributed by atoms with Crippen LogP contribution in [-0.4, -0.2) is 17.1 Å². The molecule has 0 fully saturated rings. The van der Waals surface area contributed by atoms with Gasteiger partial charge in [0, 0.05) is 16.0 Å². The third-order valence-corrected chi connectivity index (χ3v) is 3.34. The number of thiazole rings is 1. The molecule has 0 unspecified atom stereocenters. The van der Waals surface area contributed by atoms with Gasteiger partial charge < -0.3 is 5.32 Å². The number of rotatable bonds is 3. The number of amides is 1. The Morgan fingerprint density at radius 3 is 2.69 bits per heavy atom. The summed E-state index contributed by atoms with van der Waals surface area (Å²) in [5.41, 5.74) is 2.89. The third kappa shape index (κ3) is 2.62. The van der Waals surface area contributed by atoms with Gasteiger partial charge in [0.2, 0.25) is 0 Å². The van der Waals surface area contributed by atoms with Crippen LogP contribution in [0.2, 0.25) is 0 Å². The van der Waals surface area contributed by atoms with Gasteiger partial charge in [-0.15, -0.1) is 23.1 Å². The van der Waals surface area contributed by atoms with Crippen molar-refractivity contribution in [2.24, 2.45) is 0 Å². The first kappa shape index (κ1) is 11.2. The van der Waals surface area contributed by atoms with Gasteiger partial charge in [-0.1, -0.05) is 0 Å². The maximum absolute atomic E-state index is 11.7. The van der Waals surface area contributed by atoms with E-state index >= 15 is 0 Å². The Bertz CT molecular complexity index is 465. The van der Waals surface area contributed by atoms with Crippen molar-refractivity contribution in [2.45, 2.75) is 4.90 Å². The molecule has 1 aromatic carbocycles. The van der Waals surface area contributed by atoms with Gasteiger partial charge in [-0.05, 0) is 30.5 Å². The van der Waals surface area contributed by atoms with Crippen LogP contribution in [0.4, 0.5) is 5.69 Å². The number of carbonyl (C=O) groups is 1. The van der Waals surface area contributed by atoms with Crippen LogP contribution in [0.1, 0.15) is 10.5 Å². The van der Waals surface area contributed by atoms with Crippen molar-refractivity contribution >= 4 is 34.7 Å². The van der Waals surface area contributed by atoms with Crippen molar-refractivity contribution in [3.05, 3.63) is 40.8 Å². The first-order valence-corrected chi connectivity index (χ1v) is 6.80. The number of benzene rings is 1. The summed E-state index contributed by atoms with van der Waals surface area (Å²) in [5.74, 6) is -0.168. The maximum atomic E-state index is 11.7. The molecule has 82 valence electrons. The van der Waals surface area contributed by atoms with E-state index in [-0.39, 0.29) is 5.91 Å². The summed E-state index contributed by atoms with van der Waals surface area (Å²) in [4.78, 5) is 16.8. The minimum absolute atomic E-state index is 0.168. The Hall–Kier alpha value is -1.33. The number of anilines is 1. The second-order valence-corrected chi connectivity index (χ2v) is 4.65. The Morgan fingerprint density at radius 2 is 2.12 bits per heavy atom. The highest BCUT2D eigenvalue weighted by Gasteiger charge is 2.07. The average molecular weight is 250 g/mol. The zero-order valence-electron chi connectivity index (χ0n) is 8.64. The lowest BCUT2D eigenvalue weighted by molar-refractivity contribution is 0.102. The zero-order chi connectivity index (χ0) is 11.4. The van der Waals surface area contributed by atoms with E-state index < -0.39 is 0 Å². The molecule has 2 rings (SSSR count). The Kier molecular flexibility index (Phi) is 3.58. The SMILES string of the molecule is CSc1ccc(NC(=O)c2cscn2)cc1. The Morgan fingerprint density at radius 1 is 1.38 bits per heavy atom. The van der Waals surface area contributed by atoms with Crippen LogP contribution in [0.3, 0.4) is 0 Å². The lowest BCUT2D eigenvalue weighted by atomic mass is 10.3. The molecule has 5 heteroatoms. The van der Waals surface area contributed by atoms with Gasteiger partial charge in [-0.2, -0.15) is 0 Å². The van der Waals surface area contributed by atoms with Crippen molar-refractivity contribution in [1.82, 2.24) is 4.98 Å². The Labute approximate surface area is 102 Å². The smallest absolute Gasteiger partial charge is 0.275 e. The molecule has 16 heavy (non-hydrogen) atoms. The standard InChI is InChI=1S/C11H10N2OS2/c1-15-9-4-2-8(3-5-9)13-11(14)10-6-16-7-12-10/h2-7H,1H3,(H,13,14). The van der Waals surface area contributed by atoms with Crippen molar-refractivity contribution in [3.63, 3.8) is 0 Å². The summed E-state index contributed by atoms with van der Waals surface area (Å²) >= 11 is 3.08. The fourth-order valence-corrected chi connectivity index (χ4v) is 2.13. The van der Waals surface area contributed by atoms with E-state index in [9.17, 15) is 4.79 Å². The highest BCUT2D eigenvalue weighted by molar-refractivity contribution is 7.98. The second kappa shape index (κ2) is 5.14. The molecule has 0 atom stereocenters. The summed E-state index contributed by atoms with van der Waals surface area (Å²) in [5, 5.41) is 4.52. The molecule has 3 nitrogen and oxygen atoms in total. The van der Waals surface area contributed by atoms with Crippen LogP contribution in [0.5, 0.6) is 0 Å². The predicted molar refractivity (Wildman–Crippen MR) is 68.3 cm³/mol. The monoisotopic (exact) mass is 250 g/mol.